The summed E-state index contributed by atoms with van der Waals surface area (Å²) in [7, 11) is 1.47. The zero-order valence-electron chi connectivity index (χ0n) is 9.31. The molecule has 0 aliphatic rings. The average Bonchev–Trinajstić information content (AvgIpc) is 2.65. The Hall–Kier alpha value is -1.21. The zero-order chi connectivity index (χ0) is 12.8. The molecule has 1 atom stereocenters. The molecule has 0 aliphatic heterocycles. The van der Waals surface area contributed by atoms with Gasteiger partial charge in [-0.05, 0) is 18.4 Å². The number of ether oxygens (including phenoxy) is 3. The molecule has 0 fully saturated rings. The summed E-state index contributed by atoms with van der Waals surface area (Å²) in [5.74, 6) is -0.861. The molecule has 0 saturated heterocycles. The Labute approximate surface area is 101 Å². The van der Waals surface area contributed by atoms with Crippen LogP contribution in [0.4, 0.5) is 8.78 Å². The van der Waals surface area contributed by atoms with Gasteiger partial charge in [-0.3, -0.25) is 0 Å². The van der Waals surface area contributed by atoms with Gasteiger partial charge in [-0.1, -0.05) is 0 Å². The fourth-order valence-corrected chi connectivity index (χ4v) is 1.84. The first-order valence-electron chi connectivity index (χ1n) is 4.76. The predicted octanol–water partition coefficient (Wildman–Crippen LogP) is 2.54. The Morgan fingerprint density at radius 1 is 1.53 bits per heavy atom. The highest BCUT2D eigenvalue weighted by Gasteiger charge is 2.20. The normalized spacial score (nSPS) is 12.5. The molecule has 0 amide bonds. The number of alkyl halides is 2. The van der Waals surface area contributed by atoms with E-state index in [0.717, 1.165) is 11.3 Å². The van der Waals surface area contributed by atoms with Gasteiger partial charge in [0, 0.05) is 7.11 Å². The van der Waals surface area contributed by atoms with Crippen molar-refractivity contribution in [1.82, 2.24) is 0 Å². The van der Waals surface area contributed by atoms with Crippen LogP contribution in [0.15, 0.2) is 11.4 Å². The molecular formula is C10H12F2O4S. The Kier molecular flexibility index (Phi) is 5.30. The first-order valence-corrected chi connectivity index (χ1v) is 5.64. The second-order valence-corrected chi connectivity index (χ2v) is 4.08. The molecule has 0 N–H and O–H groups in total. The van der Waals surface area contributed by atoms with E-state index in [1.165, 1.54) is 18.6 Å². The molecule has 0 radical (unpaired) electrons. The maximum Gasteiger partial charge on any atom is 0.387 e. The van der Waals surface area contributed by atoms with Gasteiger partial charge in [-0.25, -0.2) is 4.79 Å². The summed E-state index contributed by atoms with van der Waals surface area (Å²) in [5.41, 5.74) is 0. The Morgan fingerprint density at radius 3 is 2.82 bits per heavy atom. The highest BCUT2D eigenvalue weighted by molar-refractivity contribution is 7.12. The SMILES string of the molecule is COCC(C)OC(=O)c1sccc1OC(F)F. The maximum atomic E-state index is 12.0. The van der Waals surface area contributed by atoms with Gasteiger partial charge in [-0.15, -0.1) is 11.3 Å². The molecule has 0 spiro atoms. The van der Waals surface area contributed by atoms with Crippen LogP contribution in [0.25, 0.3) is 0 Å². The monoisotopic (exact) mass is 266 g/mol. The largest absolute Gasteiger partial charge is 0.456 e. The van der Waals surface area contributed by atoms with Crippen molar-refractivity contribution in [2.24, 2.45) is 0 Å². The molecule has 0 bridgehead atoms. The molecule has 1 heterocycles. The van der Waals surface area contributed by atoms with E-state index in [1.807, 2.05) is 0 Å². The van der Waals surface area contributed by atoms with E-state index in [2.05, 4.69) is 4.74 Å². The smallest absolute Gasteiger partial charge is 0.387 e. The molecule has 0 saturated carbocycles. The molecule has 17 heavy (non-hydrogen) atoms. The number of thiophene rings is 1. The van der Waals surface area contributed by atoms with Crippen molar-refractivity contribution in [3.8, 4) is 5.75 Å². The van der Waals surface area contributed by atoms with Crippen LogP contribution in [-0.2, 0) is 9.47 Å². The van der Waals surface area contributed by atoms with Crippen LogP contribution in [0.3, 0.4) is 0 Å². The summed E-state index contributed by atoms with van der Waals surface area (Å²) in [4.78, 5) is 11.6. The van der Waals surface area contributed by atoms with E-state index >= 15 is 0 Å². The molecule has 1 aromatic heterocycles. The minimum atomic E-state index is -2.97. The van der Waals surface area contributed by atoms with E-state index in [-0.39, 0.29) is 17.2 Å². The van der Waals surface area contributed by atoms with Gasteiger partial charge in [0.1, 0.15) is 6.10 Å². The van der Waals surface area contributed by atoms with Crippen molar-refractivity contribution in [2.75, 3.05) is 13.7 Å². The van der Waals surface area contributed by atoms with Crippen molar-refractivity contribution in [3.05, 3.63) is 16.3 Å². The Bertz CT molecular complexity index is 367. The quantitative estimate of drug-likeness (QED) is 0.742. The second-order valence-electron chi connectivity index (χ2n) is 3.16. The predicted molar refractivity (Wildman–Crippen MR) is 57.7 cm³/mol. The average molecular weight is 266 g/mol. The molecule has 7 heteroatoms. The molecule has 1 aromatic rings. The Balaban J connectivity index is 2.65. The van der Waals surface area contributed by atoms with Crippen LogP contribution in [0.1, 0.15) is 16.6 Å². The molecule has 4 nitrogen and oxygen atoms in total. The van der Waals surface area contributed by atoms with Crippen molar-refractivity contribution in [2.45, 2.75) is 19.6 Å². The van der Waals surface area contributed by atoms with E-state index in [4.69, 9.17) is 9.47 Å². The third-order valence-electron chi connectivity index (χ3n) is 1.74. The maximum absolute atomic E-state index is 12.0. The fraction of sp³-hybridized carbons (Fsp3) is 0.500. The summed E-state index contributed by atoms with van der Waals surface area (Å²) in [6.07, 6.45) is -0.450. The first-order chi connectivity index (χ1) is 8.04. The van der Waals surface area contributed by atoms with Crippen molar-refractivity contribution < 1.29 is 27.8 Å². The number of methoxy groups -OCH3 is 1. The highest BCUT2D eigenvalue weighted by atomic mass is 32.1. The van der Waals surface area contributed by atoms with Gasteiger partial charge in [0.15, 0.2) is 10.6 Å². The highest BCUT2D eigenvalue weighted by Crippen LogP contribution is 2.27. The third kappa shape index (κ3) is 4.27. The minimum absolute atomic E-state index is 0.0215. The molecule has 96 valence electrons. The number of rotatable bonds is 6. The number of halogens is 2. The second kappa shape index (κ2) is 6.51. The number of carbonyl (C=O) groups is 1. The molecular weight excluding hydrogens is 254 g/mol. The van der Waals surface area contributed by atoms with Gasteiger partial charge in [0.25, 0.3) is 0 Å². The fourth-order valence-electron chi connectivity index (χ4n) is 1.14. The lowest BCUT2D eigenvalue weighted by atomic mass is 10.4. The standard InChI is InChI=1S/C10H12F2O4S/c1-6(5-14-2)15-9(13)8-7(3-4-17-8)16-10(11)12/h3-4,6,10H,5H2,1-2H3. The van der Waals surface area contributed by atoms with Gasteiger partial charge >= 0.3 is 12.6 Å². The lowest BCUT2D eigenvalue weighted by Gasteiger charge is -2.12. The first kappa shape index (κ1) is 13.9. The van der Waals surface area contributed by atoms with Gasteiger partial charge in [0.2, 0.25) is 0 Å². The van der Waals surface area contributed by atoms with Crippen molar-refractivity contribution in [3.63, 3.8) is 0 Å². The lowest BCUT2D eigenvalue weighted by Crippen LogP contribution is -2.19. The Morgan fingerprint density at radius 2 is 2.24 bits per heavy atom. The molecule has 0 aliphatic carbocycles. The zero-order valence-corrected chi connectivity index (χ0v) is 10.1. The van der Waals surface area contributed by atoms with Crippen LogP contribution < -0.4 is 4.74 Å². The molecule has 1 rings (SSSR count). The van der Waals surface area contributed by atoms with Gasteiger partial charge in [0.05, 0.1) is 6.61 Å². The van der Waals surface area contributed by atoms with Crippen LogP contribution in [0.5, 0.6) is 5.75 Å². The number of hydrogen-bond acceptors (Lipinski definition) is 5. The summed E-state index contributed by atoms with van der Waals surface area (Å²) in [6, 6.07) is 1.30. The topological polar surface area (TPSA) is 44.8 Å². The number of carbonyl (C=O) groups excluding carboxylic acids is 1. The van der Waals surface area contributed by atoms with Crippen molar-refractivity contribution >= 4 is 17.3 Å². The number of esters is 1. The van der Waals surface area contributed by atoms with E-state index < -0.39 is 18.7 Å². The summed E-state index contributed by atoms with van der Waals surface area (Å²) in [5, 5.41) is 1.48. The van der Waals surface area contributed by atoms with Crippen molar-refractivity contribution in [1.29, 1.82) is 0 Å². The summed E-state index contributed by atoms with van der Waals surface area (Å²) < 4.78 is 38.0. The summed E-state index contributed by atoms with van der Waals surface area (Å²) in [6.45, 7) is -1.09. The van der Waals surface area contributed by atoms with Crippen LogP contribution in [-0.4, -0.2) is 32.4 Å². The van der Waals surface area contributed by atoms with E-state index in [0.29, 0.717) is 0 Å². The van der Waals surface area contributed by atoms with Crippen LogP contribution in [0, 0.1) is 0 Å². The lowest BCUT2D eigenvalue weighted by molar-refractivity contribution is -0.0503. The van der Waals surface area contributed by atoms with E-state index in [1.54, 1.807) is 6.92 Å². The van der Waals surface area contributed by atoms with E-state index in [9.17, 15) is 13.6 Å². The van der Waals surface area contributed by atoms with Crippen LogP contribution in [0.2, 0.25) is 0 Å². The third-order valence-corrected chi connectivity index (χ3v) is 2.62. The van der Waals surface area contributed by atoms with Gasteiger partial charge in [-0.2, -0.15) is 8.78 Å². The minimum Gasteiger partial charge on any atom is -0.456 e. The molecule has 1 unspecified atom stereocenters. The number of hydrogen-bond donors (Lipinski definition) is 0. The van der Waals surface area contributed by atoms with Gasteiger partial charge < -0.3 is 14.2 Å². The summed E-state index contributed by atoms with van der Waals surface area (Å²) >= 11 is 0.986. The molecule has 0 aromatic carbocycles. The van der Waals surface area contributed by atoms with Crippen LogP contribution >= 0.6 is 11.3 Å².